The lowest BCUT2D eigenvalue weighted by atomic mass is 9.64. The molecule has 0 saturated heterocycles. The minimum absolute atomic E-state index is 0.0162. The van der Waals surface area contributed by atoms with Crippen LogP contribution in [0.2, 0.25) is 0 Å². The molecule has 0 aromatic heterocycles. The summed E-state index contributed by atoms with van der Waals surface area (Å²) in [5.41, 5.74) is -7.21. The van der Waals surface area contributed by atoms with Gasteiger partial charge in [0.15, 0.2) is 40.7 Å². The van der Waals surface area contributed by atoms with Crippen molar-refractivity contribution in [2.45, 2.75) is 12.0 Å². The molecule has 1 atom stereocenters. The number of alkyl halides is 1. The van der Waals surface area contributed by atoms with Crippen LogP contribution in [0.15, 0.2) is 48.3 Å². The molecular weight excluding hydrogens is 607 g/mol. The van der Waals surface area contributed by atoms with E-state index < -0.39 is 99.3 Å². The fraction of sp³-hybridized carbons (Fsp3) is 0.0714. The van der Waals surface area contributed by atoms with Crippen molar-refractivity contribution >= 4 is 12.9 Å². The van der Waals surface area contributed by atoms with Crippen LogP contribution in [0.3, 0.4) is 0 Å². The Morgan fingerprint density at radius 2 is 1.14 bits per heavy atom. The van der Waals surface area contributed by atoms with Crippen molar-refractivity contribution in [1.29, 1.82) is 0 Å². The van der Waals surface area contributed by atoms with E-state index in [4.69, 9.17) is 4.65 Å². The highest BCUT2D eigenvalue weighted by Crippen LogP contribution is 2.54. The van der Waals surface area contributed by atoms with Crippen LogP contribution >= 0.6 is 0 Å². The Kier molecular flexibility index (Phi) is 6.47. The average Bonchev–Trinajstić information content (AvgIpc) is 3.48. The van der Waals surface area contributed by atoms with Crippen LogP contribution in [0.4, 0.5) is 52.7 Å². The summed E-state index contributed by atoms with van der Waals surface area (Å²) in [4.78, 5) is 0. The molecule has 15 heteroatoms. The molecule has 2 nitrogen and oxygen atoms in total. The Labute approximate surface area is 232 Å². The van der Waals surface area contributed by atoms with Gasteiger partial charge in [-0.25, -0.2) is 43.9 Å². The molecule has 43 heavy (non-hydrogen) atoms. The zero-order chi connectivity index (χ0) is 31.1. The summed E-state index contributed by atoms with van der Waals surface area (Å²) in [6.45, 7) is 0. The number of fused-ring (bicyclic) bond motifs is 4. The second-order valence-corrected chi connectivity index (χ2v) is 9.43. The van der Waals surface area contributed by atoms with Crippen LogP contribution in [-0.2, 0) is 12.0 Å². The van der Waals surface area contributed by atoms with Crippen LogP contribution in [-0.4, -0.2) is 7.12 Å². The van der Waals surface area contributed by atoms with Gasteiger partial charge < -0.3 is 9.31 Å². The van der Waals surface area contributed by atoms with E-state index in [1.807, 2.05) is 0 Å². The standard InChI is InChI=1S/C28H9BF12O2/c30-16-14-15(18(32)20(34)19(16)33)28(41,27(40)17(14)31)29(43-26-24(38)22(36)21(35)23(37)25(26)39)42-13-7-3-6-11-10-5-2-1-4-9(10)8-12(11)13/h1-7H,8H2. The maximum absolute atomic E-state index is 16.8. The lowest BCUT2D eigenvalue weighted by Crippen LogP contribution is -2.50. The molecule has 0 aliphatic heterocycles. The summed E-state index contributed by atoms with van der Waals surface area (Å²) < 4.78 is 185. The van der Waals surface area contributed by atoms with Crippen LogP contribution < -0.4 is 9.31 Å². The summed E-state index contributed by atoms with van der Waals surface area (Å²) in [6, 6.07) is 10.5. The number of allylic oxidation sites excluding steroid dienone is 1. The van der Waals surface area contributed by atoms with Crippen molar-refractivity contribution in [1.82, 2.24) is 0 Å². The Morgan fingerprint density at radius 1 is 0.581 bits per heavy atom. The van der Waals surface area contributed by atoms with Crippen LogP contribution in [0.5, 0.6) is 11.5 Å². The van der Waals surface area contributed by atoms with E-state index in [-0.39, 0.29) is 12.0 Å². The summed E-state index contributed by atoms with van der Waals surface area (Å²) in [6.07, 6.45) is 0.0162. The predicted molar refractivity (Wildman–Crippen MR) is 126 cm³/mol. The first-order chi connectivity index (χ1) is 20.3. The smallest absolute Gasteiger partial charge is 0.523 e. The van der Waals surface area contributed by atoms with E-state index >= 15 is 8.78 Å². The molecule has 0 spiro atoms. The minimum Gasteiger partial charge on any atom is -0.523 e. The molecule has 0 saturated carbocycles. The van der Waals surface area contributed by atoms with Crippen LogP contribution in [0.1, 0.15) is 22.3 Å². The SMILES string of the molecule is FC1=C(F)C(F)(B(Oc2cccc3c2Cc2ccccc2-3)Oc2c(F)c(F)c(F)c(F)c2F)c2c(F)c(F)c(F)c(F)c21. The topological polar surface area (TPSA) is 18.5 Å². The molecule has 6 rings (SSSR count). The van der Waals surface area contributed by atoms with Gasteiger partial charge >= 0.3 is 7.12 Å². The van der Waals surface area contributed by atoms with Crippen LogP contribution in [0, 0.1) is 52.4 Å². The highest BCUT2D eigenvalue weighted by Gasteiger charge is 2.66. The van der Waals surface area contributed by atoms with Gasteiger partial charge in [-0.15, -0.1) is 0 Å². The third kappa shape index (κ3) is 3.86. The third-order valence-corrected chi connectivity index (χ3v) is 7.12. The Balaban J connectivity index is 1.59. The van der Waals surface area contributed by atoms with E-state index in [1.54, 1.807) is 24.3 Å². The maximum atomic E-state index is 16.8. The van der Waals surface area contributed by atoms with Crippen molar-refractivity contribution in [3.63, 3.8) is 0 Å². The van der Waals surface area contributed by atoms with Gasteiger partial charge in [-0.3, -0.25) is 0 Å². The van der Waals surface area contributed by atoms with Gasteiger partial charge in [-0.1, -0.05) is 36.4 Å². The molecule has 0 bridgehead atoms. The van der Waals surface area contributed by atoms with Crippen molar-refractivity contribution in [2.75, 3.05) is 0 Å². The molecule has 2 aliphatic carbocycles. The monoisotopic (exact) mass is 616 g/mol. The molecule has 0 heterocycles. The Bertz CT molecular complexity index is 1880. The van der Waals surface area contributed by atoms with Crippen molar-refractivity contribution < 1.29 is 62.0 Å². The average molecular weight is 616 g/mol. The molecule has 220 valence electrons. The molecule has 1 unspecified atom stereocenters. The molecule has 0 radical (unpaired) electrons. The summed E-state index contributed by atoms with van der Waals surface area (Å²) >= 11 is 0. The lowest BCUT2D eigenvalue weighted by molar-refractivity contribution is 0.203. The molecular formula is C28H9BF12O2. The minimum atomic E-state index is -4.73. The highest BCUT2D eigenvalue weighted by atomic mass is 19.2. The van der Waals surface area contributed by atoms with Crippen LogP contribution in [0.25, 0.3) is 17.0 Å². The van der Waals surface area contributed by atoms with Crippen molar-refractivity contribution in [3.05, 3.63) is 123 Å². The lowest BCUT2D eigenvalue weighted by Gasteiger charge is -2.28. The number of rotatable bonds is 5. The molecule has 0 N–H and O–H groups in total. The molecule has 4 aromatic carbocycles. The number of benzene rings is 4. The van der Waals surface area contributed by atoms with E-state index in [2.05, 4.69) is 4.65 Å². The third-order valence-electron chi connectivity index (χ3n) is 7.12. The van der Waals surface area contributed by atoms with E-state index in [0.717, 1.165) is 6.07 Å². The normalized spacial score (nSPS) is 16.7. The van der Waals surface area contributed by atoms with E-state index in [9.17, 15) is 43.9 Å². The second kappa shape index (κ2) is 9.74. The van der Waals surface area contributed by atoms with Gasteiger partial charge in [-0.2, -0.15) is 8.78 Å². The first kappa shape index (κ1) is 28.6. The first-order valence-electron chi connectivity index (χ1n) is 12.0. The van der Waals surface area contributed by atoms with Crippen molar-refractivity contribution in [2.24, 2.45) is 0 Å². The van der Waals surface area contributed by atoms with E-state index in [1.165, 1.54) is 12.1 Å². The maximum Gasteiger partial charge on any atom is 0.647 e. The molecule has 2 aliphatic rings. The van der Waals surface area contributed by atoms with Gasteiger partial charge in [0.2, 0.25) is 29.1 Å². The van der Waals surface area contributed by atoms with Gasteiger partial charge in [0, 0.05) is 17.5 Å². The second-order valence-electron chi connectivity index (χ2n) is 9.43. The summed E-state index contributed by atoms with van der Waals surface area (Å²) in [5, 5.41) is 0. The first-order valence-corrected chi connectivity index (χ1v) is 12.0. The Morgan fingerprint density at radius 3 is 1.81 bits per heavy atom. The summed E-state index contributed by atoms with van der Waals surface area (Å²) in [7, 11) is -3.48. The predicted octanol–water partition coefficient (Wildman–Crippen LogP) is 8.48. The van der Waals surface area contributed by atoms with Gasteiger partial charge in [0.05, 0.1) is 5.56 Å². The molecule has 0 fully saturated rings. The highest BCUT2D eigenvalue weighted by molar-refractivity contribution is 6.51. The van der Waals surface area contributed by atoms with Gasteiger partial charge in [0.1, 0.15) is 5.75 Å². The number of hydrogen-bond acceptors (Lipinski definition) is 2. The number of halogens is 12. The Hall–Kier alpha value is -4.56. The summed E-state index contributed by atoms with van der Waals surface area (Å²) in [5.74, 6) is -32.3. The van der Waals surface area contributed by atoms with E-state index in [0.29, 0.717) is 16.7 Å². The molecule has 4 aromatic rings. The van der Waals surface area contributed by atoms with Gasteiger partial charge in [-0.05, 0) is 22.8 Å². The van der Waals surface area contributed by atoms with Gasteiger partial charge in [0.25, 0.3) is 5.57 Å². The largest absolute Gasteiger partial charge is 0.647 e. The fourth-order valence-electron chi connectivity index (χ4n) is 5.12. The molecule has 0 amide bonds. The quantitative estimate of drug-likeness (QED) is 0.0854. The number of hydrogen-bond donors (Lipinski definition) is 0. The fourth-order valence-corrected chi connectivity index (χ4v) is 5.12. The zero-order valence-corrected chi connectivity index (χ0v) is 20.7. The zero-order valence-electron chi connectivity index (χ0n) is 20.7. The van der Waals surface area contributed by atoms with Crippen molar-refractivity contribution in [3.8, 4) is 22.6 Å².